The molecule has 0 saturated heterocycles. The zero-order valence-corrected chi connectivity index (χ0v) is 10.4. The fraction of sp³-hybridized carbons (Fsp3) is 0.875. The minimum atomic E-state index is -0.677. The van der Waals surface area contributed by atoms with Crippen LogP contribution in [0.25, 0.3) is 0 Å². The van der Waals surface area contributed by atoms with Gasteiger partial charge in [-0.25, -0.2) is 0 Å². The number of rotatable bonds is 5. The van der Waals surface area contributed by atoms with E-state index in [-0.39, 0.29) is 49.0 Å². The van der Waals surface area contributed by atoms with E-state index in [9.17, 15) is 4.79 Å². The van der Waals surface area contributed by atoms with Crippen molar-refractivity contribution in [3.8, 4) is 0 Å². The third-order valence-corrected chi connectivity index (χ3v) is 1.42. The quantitative estimate of drug-likeness (QED) is 0.579. The Morgan fingerprint density at radius 1 is 1.33 bits per heavy atom. The van der Waals surface area contributed by atoms with Crippen LogP contribution in [0.4, 0.5) is 0 Å². The topological polar surface area (TPSA) is 37.3 Å². The summed E-state index contributed by atoms with van der Waals surface area (Å²) in [5.41, 5.74) is 0. The molecule has 64 valence electrons. The van der Waals surface area contributed by atoms with Crippen LogP contribution in [-0.4, -0.2) is 40.6 Å². The molecular formula is C8H17NaO2Zn. The van der Waals surface area contributed by atoms with Crippen LogP contribution in [0.15, 0.2) is 0 Å². The molecule has 0 aliphatic carbocycles. The van der Waals surface area contributed by atoms with Crippen molar-refractivity contribution in [2.45, 2.75) is 39.5 Å². The Labute approximate surface area is 110 Å². The molecule has 12 heavy (non-hydrogen) atoms. The Bertz CT molecular complexity index is 107. The average molecular weight is 234 g/mol. The molecule has 0 heterocycles. The molecule has 4 heteroatoms. The predicted molar refractivity (Wildman–Crippen MR) is 48.1 cm³/mol. The minimum absolute atomic E-state index is 0. The van der Waals surface area contributed by atoms with Gasteiger partial charge < -0.3 is 5.11 Å². The SMILES string of the molecule is CC(C)CCCCC(=O)O.[NaH].[Zn]. The molecule has 0 bridgehead atoms. The number of carboxylic acid groups (broad SMARTS) is 1. The first kappa shape index (κ1) is 18.8. The average Bonchev–Trinajstić information content (AvgIpc) is 1.79. The maximum absolute atomic E-state index is 10.0. The molecule has 0 fully saturated rings. The fourth-order valence-corrected chi connectivity index (χ4v) is 0.829. The molecule has 0 radical (unpaired) electrons. The summed E-state index contributed by atoms with van der Waals surface area (Å²) in [6, 6.07) is 0. The Balaban J connectivity index is -0.000000405. The van der Waals surface area contributed by atoms with Gasteiger partial charge in [0.2, 0.25) is 0 Å². The van der Waals surface area contributed by atoms with Crippen molar-refractivity contribution in [2.24, 2.45) is 5.92 Å². The van der Waals surface area contributed by atoms with E-state index in [2.05, 4.69) is 13.8 Å². The number of aliphatic carboxylic acids is 1. The predicted octanol–water partition coefficient (Wildman–Crippen LogP) is 1.64. The Kier molecular flexibility index (Phi) is 18.9. The second kappa shape index (κ2) is 12.1. The monoisotopic (exact) mass is 232 g/mol. The van der Waals surface area contributed by atoms with Gasteiger partial charge in [-0.3, -0.25) is 4.79 Å². The smallest absolute Gasteiger partial charge is 0 e. The molecule has 0 amide bonds. The standard InChI is InChI=1S/C8H16O2.Na.Zn.H/c1-7(2)5-3-4-6-8(9)10;;;/h7H,3-6H2,1-2H3,(H,9,10);;;. The van der Waals surface area contributed by atoms with Gasteiger partial charge in [-0.05, 0) is 12.3 Å². The van der Waals surface area contributed by atoms with E-state index in [1.807, 2.05) is 0 Å². The largest absolute Gasteiger partial charge is 0 e. The number of carboxylic acids is 1. The van der Waals surface area contributed by atoms with E-state index in [1.165, 1.54) is 0 Å². The van der Waals surface area contributed by atoms with Gasteiger partial charge in [0.15, 0.2) is 0 Å². The first-order chi connectivity index (χ1) is 4.63. The van der Waals surface area contributed by atoms with Crippen LogP contribution in [0.3, 0.4) is 0 Å². The normalized spacial score (nSPS) is 8.58. The van der Waals surface area contributed by atoms with Crippen LogP contribution in [0.1, 0.15) is 39.5 Å². The Morgan fingerprint density at radius 3 is 2.17 bits per heavy atom. The number of unbranched alkanes of at least 4 members (excludes halogenated alkanes) is 1. The van der Waals surface area contributed by atoms with Crippen LogP contribution < -0.4 is 0 Å². The molecular weight excluding hydrogens is 216 g/mol. The zero-order valence-electron chi connectivity index (χ0n) is 7.47. The van der Waals surface area contributed by atoms with Crippen LogP contribution in [0.5, 0.6) is 0 Å². The third-order valence-electron chi connectivity index (χ3n) is 1.42. The van der Waals surface area contributed by atoms with Gasteiger partial charge in [-0.1, -0.05) is 26.7 Å². The van der Waals surface area contributed by atoms with E-state index in [0.29, 0.717) is 12.3 Å². The van der Waals surface area contributed by atoms with Gasteiger partial charge in [-0.15, -0.1) is 0 Å². The van der Waals surface area contributed by atoms with E-state index >= 15 is 0 Å². The third kappa shape index (κ3) is 17.3. The van der Waals surface area contributed by atoms with Crippen molar-refractivity contribution in [3.05, 3.63) is 0 Å². The Hall–Kier alpha value is 1.09. The molecule has 0 aliphatic rings. The van der Waals surface area contributed by atoms with Crippen LogP contribution in [0.2, 0.25) is 0 Å². The van der Waals surface area contributed by atoms with E-state index < -0.39 is 5.97 Å². The summed E-state index contributed by atoms with van der Waals surface area (Å²) < 4.78 is 0. The molecule has 2 nitrogen and oxygen atoms in total. The maximum atomic E-state index is 10.0. The van der Waals surface area contributed by atoms with Crippen molar-refractivity contribution in [3.63, 3.8) is 0 Å². The molecule has 0 aliphatic heterocycles. The summed E-state index contributed by atoms with van der Waals surface area (Å²) in [6.07, 6.45) is 3.34. The van der Waals surface area contributed by atoms with E-state index in [1.54, 1.807) is 0 Å². The van der Waals surface area contributed by atoms with Gasteiger partial charge in [0, 0.05) is 25.9 Å². The zero-order chi connectivity index (χ0) is 7.98. The Morgan fingerprint density at radius 2 is 1.83 bits per heavy atom. The summed E-state index contributed by atoms with van der Waals surface area (Å²) in [6.45, 7) is 4.31. The molecule has 0 aromatic heterocycles. The van der Waals surface area contributed by atoms with Crippen LogP contribution in [0, 0.1) is 5.92 Å². The second-order valence-electron chi connectivity index (χ2n) is 3.03. The van der Waals surface area contributed by atoms with Gasteiger partial charge >= 0.3 is 35.5 Å². The molecule has 0 unspecified atom stereocenters. The number of hydrogen-bond acceptors (Lipinski definition) is 1. The summed E-state index contributed by atoms with van der Waals surface area (Å²) >= 11 is 0. The molecule has 0 aromatic carbocycles. The van der Waals surface area contributed by atoms with Crippen molar-refractivity contribution in [1.82, 2.24) is 0 Å². The van der Waals surface area contributed by atoms with E-state index in [0.717, 1.165) is 19.3 Å². The molecule has 1 N–H and O–H groups in total. The van der Waals surface area contributed by atoms with Crippen molar-refractivity contribution < 1.29 is 29.4 Å². The second-order valence-corrected chi connectivity index (χ2v) is 3.03. The number of hydrogen-bond donors (Lipinski definition) is 1. The van der Waals surface area contributed by atoms with Crippen LogP contribution in [-0.2, 0) is 24.3 Å². The first-order valence-electron chi connectivity index (χ1n) is 3.84. The molecule has 0 aromatic rings. The van der Waals surface area contributed by atoms with Gasteiger partial charge in [0.05, 0.1) is 0 Å². The molecule has 0 rings (SSSR count). The van der Waals surface area contributed by atoms with Gasteiger partial charge in [0.25, 0.3) is 0 Å². The van der Waals surface area contributed by atoms with Gasteiger partial charge in [0.1, 0.15) is 0 Å². The van der Waals surface area contributed by atoms with Crippen molar-refractivity contribution in [1.29, 1.82) is 0 Å². The summed E-state index contributed by atoms with van der Waals surface area (Å²) in [7, 11) is 0. The summed E-state index contributed by atoms with van der Waals surface area (Å²) in [4.78, 5) is 10.0. The molecule has 0 saturated carbocycles. The number of carbonyl (C=O) groups is 1. The molecule has 0 atom stereocenters. The summed E-state index contributed by atoms with van der Waals surface area (Å²) in [5, 5.41) is 8.28. The van der Waals surface area contributed by atoms with Gasteiger partial charge in [-0.2, -0.15) is 0 Å². The van der Waals surface area contributed by atoms with E-state index in [4.69, 9.17) is 5.11 Å². The van der Waals surface area contributed by atoms with Crippen molar-refractivity contribution >= 4 is 35.5 Å². The van der Waals surface area contributed by atoms with Crippen LogP contribution >= 0.6 is 0 Å². The summed E-state index contributed by atoms with van der Waals surface area (Å²) in [5.74, 6) is 0.0255. The minimum Gasteiger partial charge on any atom is 0 e. The first-order valence-corrected chi connectivity index (χ1v) is 3.84. The van der Waals surface area contributed by atoms with Crippen molar-refractivity contribution in [2.75, 3.05) is 0 Å². The molecule has 0 spiro atoms. The fourth-order valence-electron chi connectivity index (χ4n) is 0.829. The maximum Gasteiger partial charge on any atom is 0 e.